The van der Waals surface area contributed by atoms with E-state index in [0.717, 1.165) is 6.42 Å². The zero-order chi connectivity index (χ0) is 10.7. The molecule has 0 fully saturated rings. The third-order valence-electron chi connectivity index (χ3n) is 1.36. The Labute approximate surface area is 79.7 Å². The van der Waals surface area contributed by atoms with E-state index in [-0.39, 0.29) is 12.6 Å². The molecule has 0 aliphatic rings. The van der Waals surface area contributed by atoms with E-state index in [1.807, 2.05) is 0 Å². The van der Waals surface area contributed by atoms with Gasteiger partial charge in [-0.05, 0) is 19.3 Å². The Morgan fingerprint density at radius 2 is 1.92 bits per heavy atom. The summed E-state index contributed by atoms with van der Waals surface area (Å²) in [6.07, 6.45) is 2.09. The predicted molar refractivity (Wildman–Crippen MR) is 53.3 cm³/mol. The topological polar surface area (TPSA) is 46.5 Å². The van der Waals surface area contributed by atoms with Crippen molar-refractivity contribution in [2.75, 3.05) is 13.7 Å². The maximum absolute atomic E-state index is 10.7. The van der Waals surface area contributed by atoms with Crippen LogP contribution in [0.1, 0.15) is 19.3 Å². The number of hydrogen-bond acceptors (Lipinski definition) is 3. The van der Waals surface area contributed by atoms with Crippen molar-refractivity contribution in [3.8, 4) is 0 Å². The Morgan fingerprint density at radius 1 is 1.38 bits per heavy atom. The summed E-state index contributed by atoms with van der Waals surface area (Å²) < 4.78 is 4.44. The highest BCUT2D eigenvalue weighted by Crippen LogP contribution is 2.05. The summed E-state index contributed by atoms with van der Waals surface area (Å²) in [6.45, 7) is 9.70. The minimum atomic E-state index is -0.358. The molecular formula is C10H18O3. The molecule has 0 aromatic carbocycles. The molecule has 0 bridgehead atoms. The SMILES string of the molecule is C=C.C=C(CCCCO)C(=O)OC. The molecule has 0 aromatic rings. The Kier molecular flexibility index (Phi) is 12.1. The molecule has 0 unspecified atom stereocenters. The number of aliphatic hydroxyl groups is 1. The van der Waals surface area contributed by atoms with E-state index >= 15 is 0 Å². The molecule has 0 atom stereocenters. The summed E-state index contributed by atoms with van der Waals surface area (Å²) in [6, 6.07) is 0. The van der Waals surface area contributed by atoms with Gasteiger partial charge in [0.15, 0.2) is 0 Å². The number of carbonyl (C=O) groups excluding carboxylic acids is 1. The largest absolute Gasteiger partial charge is 0.466 e. The first kappa shape index (κ1) is 14.4. The predicted octanol–water partition coefficient (Wildman–Crippen LogP) is 1.68. The first-order chi connectivity index (χ1) is 6.22. The van der Waals surface area contributed by atoms with Crippen LogP contribution in [0.15, 0.2) is 25.3 Å². The number of hydrogen-bond donors (Lipinski definition) is 1. The molecule has 0 aliphatic carbocycles. The van der Waals surface area contributed by atoms with Crippen molar-refractivity contribution in [1.29, 1.82) is 0 Å². The molecule has 0 amide bonds. The molecule has 0 spiro atoms. The van der Waals surface area contributed by atoms with E-state index in [2.05, 4.69) is 24.5 Å². The van der Waals surface area contributed by atoms with Gasteiger partial charge < -0.3 is 9.84 Å². The lowest BCUT2D eigenvalue weighted by Crippen LogP contribution is -2.03. The number of methoxy groups -OCH3 is 1. The number of ether oxygens (including phenoxy) is 1. The van der Waals surface area contributed by atoms with Gasteiger partial charge in [0, 0.05) is 12.2 Å². The van der Waals surface area contributed by atoms with Gasteiger partial charge >= 0.3 is 5.97 Å². The van der Waals surface area contributed by atoms with Crippen LogP contribution in [0.3, 0.4) is 0 Å². The van der Waals surface area contributed by atoms with Crippen molar-refractivity contribution < 1.29 is 14.6 Å². The monoisotopic (exact) mass is 186 g/mol. The number of esters is 1. The average molecular weight is 186 g/mol. The minimum Gasteiger partial charge on any atom is -0.466 e. The van der Waals surface area contributed by atoms with Crippen LogP contribution in [-0.4, -0.2) is 24.8 Å². The average Bonchev–Trinajstić information content (AvgIpc) is 2.20. The van der Waals surface area contributed by atoms with E-state index in [0.29, 0.717) is 18.4 Å². The second-order valence-electron chi connectivity index (χ2n) is 2.28. The van der Waals surface area contributed by atoms with Gasteiger partial charge in [-0.25, -0.2) is 4.79 Å². The highest BCUT2D eigenvalue weighted by atomic mass is 16.5. The van der Waals surface area contributed by atoms with Crippen molar-refractivity contribution in [3.63, 3.8) is 0 Å². The summed E-state index contributed by atoms with van der Waals surface area (Å²) in [7, 11) is 1.33. The zero-order valence-electron chi connectivity index (χ0n) is 8.21. The van der Waals surface area contributed by atoms with E-state index in [1.165, 1.54) is 7.11 Å². The van der Waals surface area contributed by atoms with E-state index in [1.54, 1.807) is 0 Å². The highest BCUT2D eigenvalue weighted by molar-refractivity contribution is 5.87. The standard InChI is InChI=1S/C8H14O3.C2H4/c1-7(8(10)11-2)5-3-4-6-9;1-2/h9H,1,3-6H2,2H3;1-2H2. The molecule has 0 saturated heterocycles. The van der Waals surface area contributed by atoms with Crippen molar-refractivity contribution in [3.05, 3.63) is 25.3 Å². The molecule has 0 radical (unpaired) electrons. The summed E-state index contributed by atoms with van der Waals surface area (Å²) in [5.41, 5.74) is 0.473. The van der Waals surface area contributed by atoms with Gasteiger partial charge in [0.2, 0.25) is 0 Å². The fourth-order valence-electron chi connectivity index (χ4n) is 0.697. The van der Waals surface area contributed by atoms with Crippen LogP contribution in [0.2, 0.25) is 0 Å². The lowest BCUT2D eigenvalue weighted by Gasteiger charge is -2.01. The van der Waals surface area contributed by atoms with Crippen LogP contribution in [0.25, 0.3) is 0 Å². The van der Waals surface area contributed by atoms with Gasteiger partial charge in [-0.3, -0.25) is 0 Å². The Bertz CT molecular complexity index is 152. The molecule has 0 aromatic heterocycles. The quantitative estimate of drug-likeness (QED) is 0.307. The van der Waals surface area contributed by atoms with Gasteiger partial charge in [0.1, 0.15) is 0 Å². The van der Waals surface area contributed by atoms with Gasteiger partial charge in [-0.2, -0.15) is 0 Å². The summed E-state index contributed by atoms with van der Waals surface area (Å²) in [5.74, 6) is -0.358. The van der Waals surface area contributed by atoms with Crippen molar-refractivity contribution in [2.45, 2.75) is 19.3 Å². The van der Waals surface area contributed by atoms with Crippen LogP contribution < -0.4 is 0 Å². The van der Waals surface area contributed by atoms with Crippen LogP contribution in [-0.2, 0) is 9.53 Å². The third-order valence-corrected chi connectivity index (χ3v) is 1.36. The van der Waals surface area contributed by atoms with Crippen LogP contribution in [0.4, 0.5) is 0 Å². The molecule has 0 rings (SSSR count). The lowest BCUT2D eigenvalue weighted by atomic mass is 10.1. The molecular weight excluding hydrogens is 168 g/mol. The normalized spacial score (nSPS) is 8.15. The first-order valence-corrected chi connectivity index (χ1v) is 4.09. The Hall–Kier alpha value is -1.09. The third kappa shape index (κ3) is 8.82. The molecule has 0 saturated carbocycles. The molecule has 76 valence electrons. The van der Waals surface area contributed by atoms with Gasteiger partial charge in [0.05, 0.1) is 7.11 Å². The van der Waals surface area contributed by atoms with Gasteiger partial charge in [0.25, 0.3) is 0 Å². The molecule has 3 heteroatoms. The fraction of sp³-hybridized carbons (Fsp3) is 0.500. The Balaban J connectivity index is 0. The Morgan fingerprint density at radius 3 is 2.31 bits per heavy atom. The van der Waals surface area contributed by atoms with Crippen molar-refractivity contribution >= 4 is 5.97 Å². The van der Waals surface area contributed by atoms with Gasteiger partial charge in [-0.1, -0.05) is 6.58 Å². The van der Waals surface area contributed by atoms with Crippen molar-refractivity contribution in [1.82, 2.24) is 0 Å². The van der Waals surface area contributed by atoms with Crippen LogP contribution in [0.5, 0.6) is 0 Å². The fourth-order valence-corrected chi connectivity index (χ4v) is 0.697. The van der Waals surface area contributed by atoms with E-state index in [4.69, 9.17) is 5.11 Å². The summed E-state index contributed by atoms with van der Waals surface area (Å²) >= 11 is 0. The molecule has 3 nitrogen and oxygen atoms in total. The second kappa shape index (κ2) is 10.9. The second-order valence-corrected chi connectivity index (χ2v) is 2.28. The number of aliphatic hydroxyl groups excluding tert-OH is 1. The van der Waals surface area contributed by atoms with Crippen LogP contribution in [0, 0.1) is 0 Å². The van der Waals surface area contributed by atoms with Gasteiger partial charge in [-0.15, -0.1) is 13.2 Å². The number of carbonyl (C=O) groups is 1. The highest BCUT2D eigenvalue weighted by Gasteiger charge is 2.04. The molecule has 13 heavy (non-hydrogen) atoms. The summed E-state index contributed by atoms with van der Waals surface area (Å²) in [4.78, 5) is 10.7. The molecule has 0 aliphatic heterocycles. The number of rotatable bonds is 5. The zero-order valence-corrected chi connectivity index (χ0v) is 8.21. The lowest BCUT2D eigenvalue weighted by molar-refractivity contribution is -0.136. The maximum Gasteiger partial charge on any atom is 0.333 e. The minimum absolute atomic E-state index is 0.161. The maximum atomic E-state index is 10.7. The molecule has 1 N–H and O–H groups in total. The van der Waals surface area contributed by atoms with E-state index in [9.17, 15) is 4.79 Å². The van der Waals surface area contributed by atoms with Crippen LogP contribution >= 0.6 is 0 Å². The summed E-state index contributed by atoms with van der Waals surface area (Å²) in [5, 5.41) is 8.43. The smallest absolute Gasteiger partial charge is 0.333 e. The molecule has 0 heterocycles. The van der Waals surface area contributed by atoms with E-state index < -0.39 is 0 Å². The van der Waals surface area contributed by atoms with Crippen molar-refractivity contribution in [2.24, 2.45) is 0 Å². The first-order valence-electron chi connectivity index (χ1n) is 4.09. The number of unbranched alkanes of at least 4 members (excludes halogenated alkanes) is 1.